The number of likely N-dealkylation sites (tertiary alicyclic amines) is 1. The fraction of sp³-hybridized carbons (Fsp3) is 0.643. The number of pyridine rings is 1. The molecule has 0 spiro atoms. The van der Waals surface area contributed by atoms with Gasteiger partial charge in [-0.25, -0.2) is 4.98 Å². The number of aliphatic hydroxyl groups is 1. The third kappa shape index (κ3) is 5.79. The van der Waals surface area contributed by atoms with E-state index in [4.69, 9.17) is 25.8 Å². The number of ether oxygens (including phenoxy) is 3. The van der Waals surface area contributed by atoms with Crippen molar-refractivity contribution in [2.75, 3.05) is 38.2 Å². The number of halogens is 1. The van der Waals surface area contributed by atoms with E-state index < -0.39 is 12.2 Å². The Hall–Kier alpha value is -1.81. The van der Waals surface area contributed by atoms with Gasteiger partial charge in [-0.2, -0.15) is 0 Å². The highest BCUT2D eigenvalue weighted by molar-refractivity contribution is 6.32. The quantitative estimate of drug-likeness (QED) is 0.579. The highest BCUT2D eigenvalue weighted by Crippen LogP contribution is 2.38. The van der Waals surface area contributed by atoms with Gasteiger partial charge in [-0.05, 0) is 94.6 Å². The highest BCUT2D eigenvalue weighted by atomic mass is 35.5. The topological polar surface area (TPSA) is 93.2 Å². The van der Waals surface area contributed by atoms with Crippen molar-refractivity contribution >= 4 is 34.1 Å². The molecule has 0 aliphatic carbocycles. The van der Waals surface area contributed by atoms with Crippen molar-refractivity contribution in [3.05, 3.63) is 35.0 Å². The van der Waals surface area contributed by atoms with E-state index in [1.54, 1.807) is 6.20 Å². The van der Waals surface area contributed by atoms with Gasteiger partial charge in [-0.1, -0.05) is 11.6 Å². The van der Waals surface area contributed by atoms with E-state index in [2.05, 4.69) is 28.2 Å². The lowest BCUT2D eigenvalue weighted by Gasteiger charge is -2.43. The number of aromatic nitrogens is 1. The van der Waals surface area contributed by atoms with Crippen LogP contribution in [0.1, 0.15) is 57.9 Å². The van der Waals surface area contributed by atoms with Crippen LogP contribution in [-0.2, 0) is 19.0 Å². The molecule has 3 aliphatic rings. The lowest BCUT2D eigenvalue weighted by Crippen LogP contribution is -2.56. The smallest absolute Gasteiger partial charge is 0.254 e. The molecule has 37 heavy (non-hydrogen) atoms. The predicted octanol–water partition coefficient (Wildman–Crippen LogP) is 4.13. The number of anilines is 1. The minimum Gasteiger partial charge on any atom is -0.389 e. The molecule has 0 radical (unpaired) electrons. The summed E-state index contributed by atoms with van der Waals surface area (Å²) in [6.07, 6.45) is 4.32. The fourth-order valence-electron chi connectivity index (χ4n) is 5.85. The molecule has 1 amide bonds. The van der Waals surface area contributed by atoms with E-state index in [1.807, 2.05) is 26.0 Å². The molecule has 1 aromatic heterocycles. The molecule has 9 heteroatoms. The Morgan fingerprint density at radius 2 is 1.97 bits per heavy atom. The number of nitrogens with one attached hydrogen (secondary N) is 1. The number of aliphatic hydroxyl groups excluding tert-OH is 1. The first-order valence-corrected chi connectivity index (χ1v) is 13.8. The minimum atomic E-state index is -0.499. The summed E-state index contributed by atoms with van der Waals surface area (Å²) in [4.78, 5) is 19.6. The number of fused-ring (bicyclic) bond motifs is 1. The summed E-state index contributed by atoms with van der Waals surface area (Å²) in [7, 11) is 0. The van der Waals surface area contributed by atoms with Gasteiger partial charge in [0.25, 0.3) is 5.91 Å². The van der Waals surface area contributed by atoms with Gasteiger partial charge in [0.1, 0.15) is 11.9 Å². The van der Waals surface area contributed by atoms with Crippen LogP contribution in [0.2, 0.25) is 5.02 Å². The van der Waals surface area contributed by atoms with Crippen molar-refractivity contribution in [2.24, 2.45) is 0 Å². The molecule has 1 aromatic carbocycles. The van der Waals surface area contributed by atoms with Crippen LogP contribution in [0.25, 0.3) is 10.8 Å². The third-order valence-electron chi connectivity index (χ3n) is 8.12. The second-order valence-corrected chi connectivity index (χ2v) is 11.5. The third-order valence-corrected chi connectivity index (χ3v) is 8.45. The number of hydrogen-bond acceptors (Lipinski definition) is 7. The molecule has 0 bridgehead atoms. The first-order chi connectivity index (χ1) is 17.7. The summed E-state index contributed by atoms with van der Waals surface area (Å²) in [5.74, 6) is 0.662. The number of nitrogens with zero attached hydrogens (tertiary/aromatic N) is 2. The zero-order valence-corrected chi connectivity index (χ0v) is 22.7. The Morgan fingerprint density at radius 3 is 2.62 bits per heavy atom. The molecule has 202 valence electrons. The molecule has 2 N–H and O–H groups in total. The molecule has 8 nitrogen and oxygen atoms in total. The Morgan fingerprint density at radius 1 is 1.19 bits per heavy atom. The Labute approximate surface area is 223 Å². The highest BCUT2D eigenvalue weighted by Gasteiger charge is 2.45. The summed E-state index contributed by atoms with van der Waals surface area (Å²) in [6.45, 7) is 9.26. The van der Waals surface area contributed by atoms with Crippen LogP contribution >= 0.6 is 11.6 Å². The van der Waals surface area contributed by atoms with Gasteiger partial charge in [0.2, 0.25) is 0 Å². The minimum absolute atomic E-state index is 0.0392. The number of carbonyl (C=O) groups is 1. The van der Waals surface area contributed by atoms with Crippen LogP contribution in [0.5, 0.6) is 0 Å². The first kappa shape index (κ1) is 26.8. The summed E-state index contributed by atoms with van der Waals surface area (Å²) in [5, 5.41) is 16.0. The zero-order chi connectivity index (χ0) is 26.2. The number of amides is 1. The van der Waals surface area contributed by atoms with E-state index in [0.29, 0.717) is 38.0 Å². The summed E-state index contributed by atoms with van der Waals surface area (Å²) < 4.78 is 17.1. The second kappa shape index (κ2) is 11.1. The number of carbonyl (C=O) groups excluding carboxylic acids is 1. The van der Waals surface area contributed by atoms with Crippen molar-refractivity contribution in [3.8, 4) is 0 Å². The van der Waals surface area contributed by atoms with Crippen molar-refractivity contribution in [2.45, 2.75) is 82.3 Å². The summed E-state index contributed by atoms with van der Waals surface area (Å²) in [6, 6.07) is 6.00. The lowest BCUT2D eigenvalue weighted by atomic mass is 9.85. The van der Waals surface area contributed by atoms with Gasteiger partial charge in [0, 0.05) is 16.6 Å². The zero-order valence-electron chi connectivity index (χ0n) is 21.9. The van der Waals surface area contributed by atoms with Crippen LogP contribution in [0, 0.1) is 0 Å². The second-order valence-electron chi connectivity index (χ2n) is 11.1. The molecule has 3 aliphatic heterocycles. The largest absolute Gasteiger partial charge is 0.389 e. The number of rotatable bonds is 6. The maximum Gasteiger partial charge on any atom is 0.254 e. The number of hydrogen-bond donors (Lipinski definition) is 2. The van der Waals surface area contributed by atoms with Crippen LogP contribution in [-0.4, -0.2) is 83.8 Å². The summed E-state index contributed by atoms with van der Waals surface area (Å²) >= 11 is 6.72. The number of benzene rings is 1. The van der Waals surface area contributed by atoms with Crippen LogP contribution in [0.4, 0.5) is 5.82 Å². The molecular weight excluding hydrogens is 494 g/mol. The van der Waals surface area contributed by atoms with Gasteiger partial charge in [0.15, 0.2) is 0 Å². The molecular formula is C28H38ClN3O5. The maximum atomic E-state index is 12.8. The van der Waals surface area contributed by atoms with Gasteiger partial charge < -0.3 is 24.6 Å². The molecule has 4 atom stereocenters. The molecule has 0 saturated carbocycles. The molecule has 4 unspecified atom stereocenters. The van der Waals surface area contributed by atoms with E-state index in [-0.39, 0.29) is 23.7 Å². The fourth-order valence-corrected chi connectivity index (χ4v) is 6.18. The Kier molecular flexibility index (Phi) is 8.05. The number of piperidine rings is 1. The molecule has 4 heterocycles. The molecule has 2 aromatic rings. The van der Waals surface area contributed by atoms with E-state index in [1.165, 1.54) is 0 Å². The van der Waals surface area contributed by atoms with Crippen LogP contribution in [0.15, 0.2) is 24.4 Å². The average molecular weight is 532 g/mol. The maximum absolute atomic E-state index is 12.8. The standard InChI is InChI=1S/C28H38ClN3O5/c1-17(2)37-21-4-5-24(36-14-21)27(34)31-26-12-19-10-22(23(29)11-20(19)13-30-26)18-6-8-32(9-7-18)28(3)16-35-15-25(28)33/h10-13,17-18,21,24-25,33H,4-9,14-16H2,1-3H3,(H,30,31,34). The average Bonchev–Trinajstić information content (AvgIpc) is 3.23. The molecule has 3 saturated heterocycles. The van der Waals surface area contributed by atoms with Gasteiger partial charge in [0.05, 0.1) is 43.7 Å². The van der Waals surface area contributed by atoms with Crippen LogP contribution < -0.4 is 5.32 Å². The van der Waals surface area contributed by atoms with Gasteiger partial charge in [-0.3, -0.25) is 9.69 Å². The van der Waals surface area contributed by atoms with E-state index in [0.717, 1.165) is 53.7 Å². The Balaban J connectivity index is 1.24. The van der Waals surface area contributed by atoms with Crippen molar-refractivity contribution in [1.29, 1.82) is 0 Å². The van der Waals surface area contributed by atoms with Gasteiger partial charge in [-0.15, -0.1) is 0 Å². The van der Waals surface area contributed by atoms with Crippen molar-refractivity contribution < 1.29 is 24.1 Å². The van der Waals surface area contributed by atoms with Gasteiger partial charge >= 0.3 is 0 Å². The SMILES string of the molecule is CC(C)OC1CCC(C(=O)Nc2cc3cc(C4CCN(C5(C)COCC5O)CC4)c(Cl)cc3cn2)OC1. The monoisotopic (exact) mass is 531 g/mol. The Bertz CT molecular complexity index is 1110. The predicted molar refractivity (Wildman–Crippen MR) is 143 cm³/mol. The molecule has 5 rings (SSSR count). The molecule has 3 fully saturated rings. The summed E-state index contributed by atoms with van der Waals surface area (Å²) in [5.41, 5.74) is 0.805. The van der Waals surface area contributed by atoms with Crippen LogP contribution in [0.3, 0.4) is 0 Å². The lowest BCUT2D eigenvalue weighted by molar-refractivity contribution is -0.141. The van der Waals surface area contributed by atoms with E-state index in [9.17, 15) is 9.90 Å². The van der Waals surface area contributed by atoms with E-state index >= 15 is 0 Å². The van der Waals surface area contributed by atoms with Crippen molar-refractivity contribution in [3.63, 3.8) is 0 Å². The normalized spacial score (nSPS) is 29.7. The van der Waals surface area contributed by atoms with Crippen molar-refractivity contribution in [1.82, 2.24) is 9.88 Å². The first-order valence-electron chi connectivity index (χ1n) is 13.4.